The number of carbonyl (C=O) groups excluding carboxylic acids is 1. The van der Waals surface area contributed by atoms with E-state index in [9.17, 15) is 10.1 Å². The molecule has 1 atom stereocenters. The van der Waals surface area contributed by atoms with Crippen LogP contribution in [-0.4, -0.2) is 67.3 Å². The van der Waals surface area contributed by atoms with Crippen molar-refractivity contribution in [2.75, 3.05) is 40.6 Å². The van der Waals surface area contributed by atoms with E-state index in [0.29, 0.717) is 73.0 Å². The summed E-state index contributed by atoms with van der Waals surface area (Å²) >= 11 is 0. The number of nitrogens with zero attached hydrogens (tertiary/aromatic N) is 4. The van der Waals surface area contributed by atoms with Crippen LogP contribution in [0.5, 0.6) is 11.6 Å². The fourth-order valence-corrected chi connectivity index (χ4v) is 6.33. The van der Waals surface area contributed by atoms with Gasteiger partial charge in [-0.25, -0.2) is 19.2 Å². The van der Waals surface area contributed by atoms with Gasteiger partial charge < -0.3 is 33.0 Å². The molecular weight excluding hydrogens is 655 g/mol. The number of methoxy groups -OCH3 is 2. The molecule has 0 spiro atoms. The number of nitriles is 1. The van der Waals surface area contributed by atoms with E-state index in [4.69, 9.17) is 33.4 Å². The lowest BCUT2D eigenvalue weighted by Gasteiger charge is -2.27. The van der Waals surface area contributed by atoms with E-state index in [2.05, 4.69) is 15.6 Å². The summed E-state index contributed by atoms with van der Waals surface area (Å²) in [6.07, 6.45) is 1.87. The number of hydrogen-bond acceptors (Lipinski definition) is 10. The maximum Gasteiger partial charge on any atom is 0.338 e. The zero-order valence-electron chi connectivity index (χ0n) is 28.4. The van der Waals surface area contributed by atoms with Crippen LogP contribution in [0.2, 0.25) is 0 Å². The van der Waals surface area contributed by atoms with E-state index in [1.54, 1.807) is 25.3 Å². The van der Waals surface area contributed by atoms with Gasteiger partial charge in [-0.2, -0.15) is 5.26 Å². The molecule has 1 fully saturated rings. The van der Waals surface area contributed by atoms with Crippen molar-refractivity contribution in [2.24, 2.45) is 0 Å². The van der Waals surface area contributed by atoms with Gasteiger partial charge in [0, 0.05) is 31.8 Å². The number of carbonyl (C=O) groups is 1. The number of imidazole rings is 1. The normalized spacial score (nSPS) is 15.5. The lowest BCUT2D eigenvalue weighted by molar-refractivity contribution is -0.0589. The first kappa shape index (κ1) is 34.1. The Kier molecular flexibility index (Phi) is 10.2. The first-order valence-corrected chi connectivity index (χ1v) is 16.8. The molecule has 0 saturated carbocycles. The number of rotatable bonds is 9. The number of hydrogen-bond donors (Lipinski definition) is 0. The minimum atomic E-state index is -0.487. The average Bonchev–Trinajstić information content (AvgIpc) is 3.47. The molecule has 7 rings (SSSR count). The van der Waals surface area contributed by atoms with Crippen LogP contribution in [0.15, 0.2) is 60.7 Å². The van der Waals surface area contributed by atoms with Gasteiger partial charge in [-0.15, -0.1) is 0 Å². The van der Waals surface area contributed by atoms with Gasteiger partial charge in [0.1, 0.15) is 41.8 Å². The highest BCUT2D eigenvalue weighted by Crippen LogP contribution is 2.33. The Labute approximate surface area is 294 Å². The largest absolute Gasteiger partial charge is 0.489 e. The zero-order valence-corrected chi connectivity index (χ0v) is 28.4. The second kappa shape index (κ2) is 15.3. The maximum absolute atomic E-state index is 15.3. The number of pyridine rings is 1. The molecule has 1 saturated heterocycles. The molecule has 0 unspecified atom stereocenters. The van der Waals surface area contributed by atoms with Gasteiger partial charge in [0.05, 0.1) is 62.3 Å². The molecule has 11 nitrogen and oxygen atoms in total. The Morgan fingerprint density at radius 1 is 1.00 bits per heavy atom. The Morgan fingerprint density at radius 2 is 1.88 bits per heavy atom. The molecule has 12 heteroatoms. The summed E-state index contributed by atoms with van der Waals surface area (Å²) in [7, 11) is 2.93. The number of esters is 1. The fraction of sp³-hybridized carbons (Fsp3) is 0.333. The van der Waals surface area contributed by atoms with E-state index >= 15 is 4.39 Å². The molecule has 0 radical (unpaired) electrons. The molecule has 2 aromatic heterocycles. The molecule has 51 heavy (non-hydrogen) atoms. The predicted octanol–water partition coefficient (Wildman–Crippen LogP) is 5.95. The van der Waals surface area contributed by atoms with Crippen LogP contribution in [0.1, 0.15) is 50.4 Å². The highest BCUT2D eigenvalue weighted by Gasteiger charge is 2.25. The minimum Gasteiger partial charge on any atom is -0.489 e. The molecule has 5 aromatic rings. The van der Waals surface area contributed by atoms with Crippen LogP contribution >= 0.6 is 0 Å². The number of benzene rings is 3. The molecule has 2 aliphatic heterocycles. The van der Waals surface area contributed by atoms with Crippen LogP contribution in [0, 0.1) is 17.1 Å². The molecule has 0 aliphatic carbocycles. The van der Waals surface area contributed by atoms with Crippen molar-refractivity contribution in [2.45, 2.75) is 45.1 Å². The SMILES string of the molecule is COCCOc1cc(C(=O)OC)cc2c1nc(Cc1ccc3cc1COCCc1cc(C#N)ccc1COc1ccc(F)c-3n1)n2C[C@@H]1CCO1. The molecule has 2 aliphatic rings. The van der Waals surface area contributed by atoms with Crippen molar-refractivity contribution < 1.29 is 37.6 Å². The summed E-state index contributed by atoms with van der Waals surface area (Å²) in [5.74, 6) is 0.517. The van der Waals surface area contributed by atoms with E-state index in [1.165, 1.54) is 19.2 Å². The topological polar surface area (TPSA) is 127 Å². The Morgan fingerprint density at radius 3 is 2.67 bits per heavy atom. The quantitative estimate of drug-likeness (QED) is 0.135. The molecule has 3 aromatic carbocycles. The Hall–Kier alpha value is -5.35. The summed E-state index contributed by atoms with van der Waals surface area (Å²) in [4.78, 5) is 22.3. The first-order valence-electron chi connectivity index (χ1n) is 16.8. The first-order chi connectivity index (χ1) is 24.9. The summed E-state index contributed by atoms with van der Waals surface area (Å²) in [5, 5.41) is 9.50. The van der Waals surface area contributed by atoms with Gasteiger partial charge in [-0.1, -0.05) is 18.2 Å². The van der Waals surface area contributed by atoms with Crippen LogP contribution in [0.4, 0.5) is 4.39 Å². The smallest absolute Gasteiger partial charge is 0.338 e. The van der Waals surface area contributed by atoms with E-state index in [-0.39, 0.29) is 31.6 Å². The van der Waals surface area contributed by atoms with Gasteiger partial charge in [0.25, 0.3) is 0 Å². The molecular formula is C39H37FN4O7. The Balaban J connectivity index is 1.29. The monoisotopic (exact) mass is 692 g/mol. The Bertz CT molecular complexity index is 2120. The van der Waals surface area contributed by atoms with Crippen LogP contribution in [0.25, 0.3) is 22.3 Å². The fourth-order valence-electron chi connectivity index (χ4n) is 6.33. The molecule has 262 valence electrons. The summed E-state index contributed by atoms with van der Waals surface area (Å²) in [6, 6.07) is 19.6. The van der Waals surface area contributed by atoms with E-state index in [1.807, 2.05) is 30.3 Å². The number of ether oxygens (including phenoxy) is 6. The number of halogens is 1. The van der Waals surface area contributed by atoms with Crippen molar-refractivity contribution in [3.63, 3.8) is 0 Å². The van der Waals surface area contributed by atoms with Gasteiger partial charge >= 0.3 is 5.97 Å². The highest BCUT2D eigenvalue weighted by atomic mass is 19.1. The third kappa shape index (κ3) is 7.42. The lowest BCUT2D eigenvalue weighted by atomic mass is 9.99. The van der Waals surface area contributed by atoms with Crippen molar-refractivity contribution in [3.05, 3.63) is 106 Å². The minimum absolute atomic E-state index is 0.00231. The summed E-state index contributed by atoms with van der Waals surface area (Å²) < 4.78 is 51.8. The molecule has 0 N–H and O–H groups in total. The summed E-state index contributed by atoms with van der Waals surface area (Å²) in [6.45, 7) is 2.70. The maximum atomic E-state index is 15.3. The third-order valence-corrected chi connectivity index (χ3v) is 9.18. The average molecular weight is 693 g/mol. The zero-order chi connectivity index (χ0) is 35.3. The van der Waals surface area contributed by atoms with Crippen molar-refractivity contribution in [3.8, 4) is 29.0 Å². The van der Waals surface area contributed by atoms with Gasteiger partial charge in [-0.3, -0.25) is 0 Å². The highest BCUT2D eigenvalue weighted by molar-refractivity contribution is 5.96. The lowest BCUT2D eigenvalue weighted by Crippen LogP contribution is -2.31. The van der Waals surface area contributed by atoms with E-state index in [0.717, 1.165) is 40.0 Å². The van der Waals surface area contributed by atoms with Crippen molar-refractivity contribution in [1.82, 2.24) is 14.5 Å². The van der Waals surface area contributed by atoms with Crippen LogP contribution in [0.3, 0.4) is 0 Å². The van der Waals surface area contributed by atoms with Gasteiger partial charge in [0.15, 0.2) is 0 Å². The molecule has 4 bridgehead atoms. The number of fused-ring (bicyclic) bond motifs is 7. The van der Waals surface area contributed by atoms with Crippen LogP contribution < -0.4 is 9.47 Å². The van der Waals surface area contributed by atoms with E-state index < -0.39 is 11.8 Å². The predicted molar refractivity (Wildman–Crippen MR) is 184 cm³/mol. The van der Waals surface area contributed by atoms with Gasteiger partial charge in [-0.05, 0) is 71.5 Å². The number of aromatic nitrogens is 3. The van der Waals surface area contributed by atoms with Gasteiger partial charge in [0.2, 0.25) is 5.88 Å². The second-order valence-electron chi connectivity index (χ2n) is 12.4. The summed E-state index contributed by atoms with van der Waals surface area (Å²) in [5.41, 5.74) is 6.57. The standard InChI is InChI=1S/C39H37FN4O7/c1-46-13-14-50-34-18-29(39(45)47-2)17-33-38(34)42-35(44(33)21-31-10-12-49-31)19-25-5-6-27-16-30(25)22-48-11-9-26-15-24(20-41)3-4-28(26)23-51-36-8-7-32(40)37(27)43-36/h3-8,15-18,31H,9-14,19,21-23H2,1-2H3/t31-/m0/s1. The van der Waals surface area contributed by atoms with Crippen molar-refractivity contribution >= 4 is 17.0 Å². The second-order valence-corrected chi connectivity index (χ2v) is 12.4. The van der Waals surface area contributed by atoms with Crippen LogP contribution in [-0.2, 0) is 51.5 Å². The molecule has 4 heterocycles. The third-order valence-electron chi connectivity index (χ3n) is 9.18. The molecule has 0 amide bonds. The van der Waals surface area contributed by atoms with Crippen molar-refractivity contribution in [1.29, 1.82) is 5.26 Å².